The highest BCUT2D eigenvalue weighted by atomic mass is 79.9. The largest absolute Gasteiger partial charge is 0.321 e. The average molecular weight is 335 g/mol. The number of halogens is 2. The predicted molar refractivity (Wildman–Crippen MR) is 82.1 cm³/mol. The Balaban J connectivity index is 2.12. The summed E-state index contributed by atoms with van der Waals surface area (Å²) in [6.45, 7) is 0. The van der Waals surface area contributed by atoms with Crippen molar-refractivity contribution in [2.45, 2.75) is 0 Å². The van der Waals surface area contributed by atoms with Crippen LogP contribution in [0.15, 0.2) is 46.9 Å². The van der Waals surface area contributed by atoms with Crippen LogP contribution in [-0.4, -0.2) is 5.91 Å². The van der Waals surface area contributed by atoms with Gasteiger partial charge in [-0.25, -0.2) is 0 Å². The van der Waals surface area contributed by atoms with Crippen LogP contribution in [0.2, 0.25) is 5.02 Å². The molecule has 0 bridgehead atoms. The minimum atomic E-state index is -0.104. The summed E-state index contributed by atoms with van der Waals surface area (Å²) in [5, 5.41) is 3.43. The molecule has 0 aromatic heterocycles. The number of amides is 1. The molecule has 0 radical (unpaired) electrons. The first kappa shape index (κ1) is 12.5. The lowest BCUT2D eigenvalue weighted by Crippen LogP contribution is -2.03. The molecule has 0 saturated carbocycles. The Morgan fingerprint density at radius 1 is 1.16 bits per heavy atom. The van der Waals surface area contributed by atoms with Crippen LogP contribution in [-0.2, 0) is 4.79 Å². The van der Waals surface area contributed by atoms with Gasteiger partial charge in [-0.2, -0.15) is 0 Å². The zero-order chi connectivity index (χ0) is 13.4. The van der Waals surface area contributed by atoms with E-state index >= 15 is 0 Å². The van der Waals surface area contributed by atoms with Gasteiger partial charge in [-0.3, -0.25) is 4.79 Å². The second kappa shape index (κ2) is 4.83. The second-order valence-electron chi connectivity index (χ2n) is 4.22. The lowest BCUT2D eigenvalue weighted by Gasteiger charge is -2.01. The third-order valence-corrected chi connectivity index (χ3v) is 3.93. The van der Waals surface area contributed by atoms with E-state index in [9.17, 15) is 4.79 Å². The molecular formula is C15H9BrClNO. The van der Waals surface area contributed by atoms with Crippen LogP contribution in [0.5, 0.6) is 0 Å². The smallest absolute Gasteiger partial charge is 0.256 e. The standard InChI is InChI=1S/C15H9BrClNO/c16-13-4-2-1-3-9(13)7-12-11-6-5-10(17)8-14(11)18-15(12)19/h1-8H,(H,18,19)/b12-7-. The molecule has 4 heteroatoms. The van der Waals surface area contributed by atoms with Gasteiger partial charge in [0, 0.05) is 20.6 Å². The second-order valence-corrected chi connectivity index (χ2v) is 5.51. The van der Waals surface area contributed by atoms with Crippen molar-refractivity contribution < 1.29 is 4.79 Å². The van der Waals surface area contributed by atoms with Crippen molar-refractivity contribution in [3.8, 4) is 0 Å². The normalized spacial score (nSPS) is 15.5. The van der Waals surface area contributed by atoms with Gasteiger partial charge >= 0.3 is 0 Å². The fourth-order valence-electron chi connectivity index (χ4n) is 2.06. The van der Waals surface area contributed by atoms with E-state index < -0.39 is 0 Å². The van der Waals surface area contributed by atoms with Crippen LogP contribution in [0, 0.1) is 0 Å². The number of nitrogens with one attached hydrogen (secondary N) is 1. The van der Waals surface area contributed by atoms with Crippen molar-refractivity contribution in [2.24, 2.45) is 0 Å². The van der Waals surface area contributed by atoms with Crippen molar-refractivity contribution in [3.63, 3.8) is 0 Å². The number of fused-ring (bicyclic) bond motifs is 1. The van der Waals surface area contributed by atoms with Crippen LogP contribution < -0.4 is 5.32 Å². The third kappa shape index (κ3) is 2.31. The number of benzene rings is 2. The Bertz CT molecular complexity index is 709. The monoisotopic (exact) mass is 333 g/mol. The number of hydrogen-bond donors (Lipinski definition) is 1. The highest BCUT2D eigenvalue weighted by Gasteiger charge is 2.24. The first-order valence-electron chi connectivity index (χ1n) is 5.72. The zero-order valence-corrected chi connectivity index (χ0v) is 12.1. The van der Waals surface area contributed by atoms with E-state index in [1.807, 2.05) is 36.4 Å². The lowest BCUT2D eigenvalue weighted by molar-refractivity contribution is -0.110. The van der Waals surface area contributed by atoms with Crippen LogP contribution in [0.4, 0.5) is 5.69 Å². The number of anilines is 1. The summed E-state index contributed by atoms with van der Waals surface area (Å²) in [6, 6.07) is 13.2. The number of hydrogen-bond acceptors (Lipinski definition) is 1. The Kier molecular flexibility index (Phi) is 3.17. The van der Waals surface area contributed by atoms with E-state index in [2.05, 4.69) is 21.2 Å². The van der Waals surface area contributed by atoms with Gasteiger partial charge in [0.15, 0.2) is 0 Å². The lowest BCUT2D eigenvalue weighted by atomic mass is 10.0. The molecule has 2 aromatic rings. The highest BCUT2D eigenvalue weighted by Crippen LogP contribution is 2.35. The average Bonchev–Trinajstić information content (AvgIpc) is 2.68. The van der Waals surface area contributed by atoms with Crippen LogP contribution in [0.3, 0.4) is 0 Å². The Labute approximate surface area is 124 Å². The first-order chi connectivity index (χ1) is 9.15. The van der Waals surface area contributed by atoms with Crippen LogP contribution in [0.25, 0.3) is 11.6 Å². The number of carbonyl (C=O) groups is 1. The minimum absolute atomic E-state index is 0.104. The van der Waals surface area contributed by atoms with Gasteiger partial charge in [-0.05, 0) is 29.8 Å². The maximum atomic E-state index is 12.0. The molecule has 2 aromatic carbocycles. The molecular weight excluding hydrogens is 326 g/mol. The summed E-state index contributed by atoms with van der Waals surface area (Å²) < 4.78 is 0.956. The molecule has 0 spiro atoms. The van der Waals surface area contributed by atoms with Gasteiger partial charge in [0.05, 0.1) is 5.69 Å². The van der Waals surface area contributed by atoms with Crippen LogP contribution in [0.1, 0.15) is 11.1 Å². The highest BCUT2D eigenvalue weighted by molar-refractivity contribution is 9.10. The van der Waals surface area contributed by atoms with Gasteiger partial charge in [-0.1, -0.05) is 51.8 Å². The molecule has 94 valence electrons. The zero-order valence-electron chi connectivity index (χ0n) is 9.78. The third-order valence-electron chi connectivity index (χ3n) is 2.97. The predicted octanol–water partition coefficient (Wildman–Crippen LogP) is 4.60. The molecule has 0 saturated heterocycles. The van der Waals surface area contributed by atoms with Crippen molar-refractivity contribution in [3.05, 3.63) is 63.1 Å². The molecule has 0 unspecified atom stereocenters. The molecule has 3 rings (SSSR count). The van der Waals surface area contributed by atoms with Gasteiger partial charge in [-0.15, -0.1) is 0 Å². The summed E-state index contributed by atoms with van der Waals surface area (Å²) in [5.41, 5.74) is 3.26. The van der Waals surface area contributed by atoms with Gasteiger partial charge in [0.2, 0.25) is 0 Å². The molecule has 1 aliphatic heterocycles. The summed E-state index contributed by atoms with van der Waals surface area (Å²) in [5.74, 6) is -0.104. The maximum absolute atomic E-state index is 12.0. The van der Waals surface area contributed by atoms with Gasteiger partial charge in [0.1, 0.15) is 0 Å². The Hall–Kier alpha value is -1.58. The van der Waals surface area contributed by atoms with E-state index in [0.717, 1.165) is 21.3 Å². The summed E-state index contributed by atoms with van der Waals surface area (Å²) >= 11 is 9.40. The summed E-state index contributed by atoms with van der Waals surface area (Å²) in [6.07, 6.45) is 1.87. The fraction of sp³-hybridized carbons (Fsp3) is 0. The Morgan fingerprint density at radius 2 is 1.95 bits per heavy atom. The molecule has 0 atom stereocenters. The van der Waals surface area contributed by atoms with Crippen LogP contribution >= 0.6 is 27.5 Å². The SMILES string of the molecule is O=C1Nc2cc(Cl)ccc2/C1=C/c1ccccc1Br. The molecule has 1 heterocycles. The van der Waals surface area contributed by atoms with E-state index in [4.69, 9.17) is 11.6 Å². The van der Waals surface area contributed by atoms with E-state index in [1.165, 1.54) is 0 Å². The van der Waals surface area contributed by atoms with Gasteiger partial charge in [0.25, 0.3) is 5.91 Å². The summed E-state index contributed by atoms with van der Waals surface area (Å²) in [4.78, 5) is 12.0. The topological polar surface area (TPSA) is 29.1 Å². The van der Waals surface area contributed by atoms with E-state index in [-0.39, 0.29) is 5.91 Å². The minimum Gasteiger partial charge on any atom is -0.321 e. The van der Waals surface area contributed by atoms with Crippen molar-refractivity contribution in [1.82, 2.24) is 0 Å². The number of rotatable bonds is 1. The first-order valence-corrected chi connectivity index (χ1v) is 6.90. The molecule has 1 amide bonds. The van der Waals surface area contributed by atoms with Gasteiger partial charge < -0.3 is 5.32 Å². The summed E-state index contributed by atoms with van der Waals surface area (Å²) in [7, 11) is 0. The maximum Gasteiger partial charge on any atom is 0.256 e. The molecule has 0 fully saturated rings. The molecule has 1 aliphatic rings. The van der Waals surface area contributed by atoms with Crippen molar-refractivity contribution in [2.75, 3.05) is 5.32 Å². The molecule has 2 nitrogen and oxygen atoms in total. The van der Waals surface area contributed by atoms with E-state index in [1.54, 1.807) is 12.1 Å². The Morgan fingerprint density at radius 3 is 2.74 bits per heavy atom. The van der Waals surface area contributed by atoms with Crippen molar-refractivity contribution >= 4 is 50.8 Å². The van der Waals surface area contributed by atoms with E-state index in [0.29, 0.717) is 10.6 Å². The number of carbonyl (C=O) groups excluding carboxylic acids is 1. The molecule has 0 aliphatic carbocycles. The molecule has 1 N–H and O–H groups in total. The van der Waals surface area contributed by atoms with Crippen molar-refractivity contribution in [1.29, 1.82) is 0 Å². The quantitative estimate of drug-likeness (QED) is 0.759. The molecule has 19 heavy (non-hydrogen) atoms. The fourth-order valence-corrected chi connectivity index (χ4v) is 2.63.